The summed E-state index contributed by atoms with van der Waals surface area (Å²) in [5.74, 6) is -0.0233. The molecule has 1 aromatic heterocycles. The van der Waals surface area contributed by atoms with Gasteiger partial charge in [0.2, 0.25) is 5.88 Å². The number of esters is 1. The van der Waals surface area contributed by atoms with Crippen molar-refractivity contribution in [2.24, 2.45) is 0 Å². The van der Waals surface area contributed by atoms with Gasteiger partial charge in [0.25, 0.3) is 0 Å². The lowest BCUT2D eigenvalue weighted by atomic mass is 9.91. The number of hydrogen-bond acceptors (Lipinski definition) is 4. The number of aromatic nitrogens is 1. The van der Waals surface area contributed by atoms with Gasteiger partial charge in [-0.05, 0) is 6.07 Å². The highest BCUT2D eigenvalue weighted by Gasteiger charge is 2.17. The maximum Gasteiger partial charge on any atom is 0.309 e. The van der Waals surface area contributed by atoms with Gasteiger partial charge in [-0.1, -0.05) is 20.8 Å². The molecule has 0 bridgehead atoms. The first kappa shape index (κ1) is 12.5. The van der Waals surface area contributed by atoms with E-state index in [9.17, 15) is 4.79 Å². The Labute approximate surface area is 96.0 Å². The Morgan fingerprint density at radius 1 is 1.38 bits per heavy atom. The molecule has 0 spiro atoms. The highest BCUT2D eigenvalue weighted by Crippen LogP contribution is 2.26. The summed E-state index contributed by atoms with van der Waals surface area (Å²) in [5.41, 5.74) is 1.69. The number of pyridine rings is 1. The standard InChI is InChI=1S/C12H18N2O2/c1-8(15)16-11-7-9(13-5)6-10(14-11)12(2,3)4/h6-7H,1-5H3,(H,13,14). The molecule has 1 aromatic rings. The lowest BCUT2D eigenvalue weighted by Crippen LogP contribution is -2.15. The van der Waals surface area contributed by atoms with Crippen LogP contribution in [0.4, 0.5) is 5.69 Å². The smallest absolute Gasteiger partial charge is 0.309 e. The van der Waals surface area contributed by atoms with E-state index in [2.05, 4.69) is 31.1 Å². The van der Waals surface area contributed by atoms with Crippen molar-refractivity contribution in [3.63, 3.8) is 0 Å². The second-order valence-electron chi connectivity index (χ2n) is 4.67. The molecule has 0 aliphatic carbocycles. The molecular weight excluding hydrogens is 204 g/mol. The number of nitrogens with one attached hydrogen (secondary N) is 1. The minimum Gasteiger partial charge on any atom is -0.408 e. The Morgan fingerprint density at radius 3 is 2.44 bits per heavy atom. The molecule has 1 N–H and O–H groups in total. The fourth-order valence-electron chi connectivity index (χ4n) is 1.23. The lowest BCUT2D eigenvalue weighted by Gasteiger charge is -2.19. The predicted octanol–water partition coefficient (Wildman–Crippen LogP) is 2.35. The van der Waals surface area contributed by atoms with E-state index in [1.54, 1.807) is 6.07 Å². The second kappa shape index (κ2) is 4.51. The largest absolute Gasteiger partial charge is 0.408 e. The molecule has 16 heavy (non-hydrogen) atoms. The van der Waals surface area contributed by atoms with E-state index in [4.69, 9.17) is 4.74 Å². The van der Waals surface area contributed by atoms with E-state index in [1.807, 2.05) is 13.1 Å². The molecular formula is C12H18N2O2. The van der Waals surface area contributed by atoms with E-state index in [1.165, 1.54) is 6.92 Å². The summed E-state index contributed by atoms with van der Waals surface area (Å²) in [6.45, 7) is 7.55. The Hall–Kier alpha value is -1.58. The van der Waals surface area contributed by atoms with Crippen LogP contribution in [0.3, 0.4) is 0 Å². The number of hydrogen-bond donors (Lipinski definition) is 1. The van der Waals surface area contributed by atoms with Gasteiger partial charge in [-0.25, -0.2) is 4.98 Å². The van der Waals surface area contributed by atoms with Crippen LogP contribution in [0.25, 0.3) is 0 Å². The summed E-state index contributed by atoms with van der Waals surface area (Å²) in [4.78, 5) is 15.2. The molecule has 4 heteroatoms. The average Bonchev–Trinajstić information content (AvgIpc) is 2.14. The van der Waals surface area contributed by atoms with E-state index in [0.717, 1.165) is 11.4 Å². The molecule has 0 aliphatic heterocycles. The van der Waals surface area contributed by atoms with Crippen LogP contribution in [0, 0.1) is 0 Å². The second-order valence-corrected chi connectivity index (χ2v) is 4.67. The fraction of sp³-hybridized carbons (Fsp3) is 0.500. The number of nitrogens with zero attached hydrogens (tertiary/aromatic N) is 1. The molecule has 0 saturated heterocycles. The highest BCUT2D eigenvalue weighted by atomic mass is 16.5. The van der Waals surface area contributed by atoms with Crippen molar-refractivity contribution in [2.45, 2.75) is 33.1 Å². The van der Waals surface area contributed by atoms with Crippen LogP contribution in [0.15, 0.2) is 12.1 Å². The van der Waals surface area contributed by atoms with Gasteiger partial charge in [-0.15, -0.1) is 0 Å². The lowest BCUT2D eigenvalue weighted by molar-refractivity contribution is -0.132. The third kappa shape index (κ3) is 3.22. The van der Waals surface area contributed by atoms with E-state index < -0.39 is 0 Å². The van der Waals surface area contributed by atoms with Crippen molar-refractivity contribution in [3.8, 4) is 5.88 Å². The maximum atomic E-state index is 10.9. The van der Waals surface area contributed by atoms with Gasteiger partial charge in [0.05, 0.1) is 5.69 Å². The topological polar surface area (TPSA) is 51.2 Å². The van der Waals surface area contributed by atoms with Gasteiger partial charge in [0.1, 0.15) is 0 Å². The maximum absolute atomic E-state index is 10.9. The minimum atomic E-state index is -0.361. The summed E-state index contributed by atoms with van der Waals surface area (Å²) in [6, 6.07) is 3.66. The normalized spacial score (nSPS) is 11.1. The molecule has 1 heterocycles. The molecule has 1 rings (SSSR count). The number of ether oxygens (including phenoxy) is 1. The zero-order valence-electron chi connectivity index (χ0n) is 10.4. The summed E-state index contributed by atoms with van der Waals surface area (Å²) in [7, 11) is 1.82. The Kier molecular flexibility index (Phi) is 3.52. The Bertz CT molecular complexity index is 394. The molecule has 0 saturated carbocycles. The van der Waals surface area contributed by atoms with Gasteiger partial charge < -0.3 is 10.1 Å². The highest BCUT2D eigenvalue weighted by molar-refractivity contribution is 5.69. The van der Waals surface area contributed by atoms with E-state index >= 15 is 0 Å². The van der Waals surface area contributed by atoms with Crippen molar-refractivity contribution < 1.29 is 9.53 Å². The van der Waals surface area contributed by atoms with E-state index in [-0.39, 0.29) is 11.4 Å². The first-order valence-electron chi connectivity index (χ1n) is 5.21. The Morgan fingerprint density at radius 2 is 2.00 bits per heavy atom. The van der Waals surface area contributed by atoms with Crippen LogP contribution in [-0.2, 0) is 10.2 Å². The number of rotatable bonds is 2. The van der Waals surface area contributed by atoms with Crippen LogP contribution >= 0.6 is 0 Å². The summed E-state index contributed by atoms with van der Waals surface area (Å²) >= 11 is 0. The van der Waals surface area contributed by atoms with Crippen LogP contribution in [-0.4, -0.2) is 18.0 Å². The number of carbonyl (C=O) groups is 1. The summed E-state index contributed by atoms with van der Waals surface area (Å²) in [6.07, 6.45) is 0. The zero-order chi connectivity index (χ0) is 12.3. The minimum absolute atomic E-state index is 0.0816. The van der Waals surface area contributed by atoms with Crippen LogP contribution < -0.4 is 10.1 Å². The number of carbonyl (C=O) groups excluding carboxylic acids is 1. The molecule has 0 unspecified atom stereocenters. The van der Waals surface area contributed by atoms with Gasteiger partial charge in [0, 0.05) is 31.1 Å². The van der Waals surface area contributed by atoms with Crippen LogP contribution in [0.1, 0.15) is 33.4 Å². The van der Waals surface area contributed by atoms with Crippen molar-refractivity contribution >= 4 is 11.7 Å². The zero-order valence-corrected chi connectivity index (χ0v) is 10.4. The van der Waals surface area contributed by atoms with Crippen molar-refractivity contribution in [1.82, 2.24) is 4.98 Å². The van der Waals surface area contributed by atoms with Gasteiger partial charge >= 0.3 is 5.97 Å². The molecule has 0 fully saturated rings. The molecule has 0 atom stereocenters. The molecule has 88 valence electrons. The molecule has 0 amide bonds. The predicted molar refractivity (Wildman–Crippen MR) is 63.8 cm³/mol. The first-order chi connectivity index (χ1) is 7.32. The monoisotopic (exact) mass is 222 g/mol. The molecule has 0 aromatic carbocycles. The average molecular weight is 222 g/mol. The van der Waals surface area contributed by atoms with Crippen LogP contribution in [0.5, 0.6) is 5.88 Å². The van der Waals surface area contributed by atoms with Crippen molar-refractivity contribution in [2.75, 3.05) is 12.4 Å². The third-order valence-electron chi connectivity index (χ3n) is 2.11. The molecule has 0 radical (unpaired) electrons. The fourth-order valence-corrected chi connectivity index (χ4v) is 1.23. The van der Waals surface area contributed by atoms with Crippen LogP contribution in [0.2, 0.25) is 0 Å². The van der Waals surface area contributed by atoms with Gasteiger partial charge in [-0.2, -0.15) is 0 Å². The number of anilines is 1. The van der Waals surface area contributed by atoms with E-state index in [0.29, 0.717) is 5.88 Å². The molecule has 0 aliphatic rings. The van der Waals surface area contributed by atoms with Gasteiger partial charge in [0.15, 0.2) is 0 Å². The van der Waals surface area contributed by atoms with Crippen molar-refractivity contribution in [1.29, 1.82) is 0 Å². The summed E-state index contributed by atoms with van der Waals surface area (Å²) < 4.78 is 5.00. The van der Waals surface area contributed by atoms with Gasteiger partial charge in [-0.3, -0.25) is 4.79 Å². The van der Waals surface area contributed by atoms with Crippen molar-refractivity contribution in [3.05, 3.63) is 17.8 Å². The molecule has 4 nitrogen and oxygen atoms in total. The third-order valence-corrected chi connectivity index (χ3v) is 2.11. The summed E-state index contributed by atoms with van der Waals surface area (Å²) in [5, 5.41) is 3.02. The quantitative estimate of drug-likeness (QED) is 0.780. The first-order valence-corrected chi connectivity index (χ1v) is 5.21. The SMILES string of the molecule is CNc1cc(OC(C)=O)nc(C(C)(C)C)c1. The Balaban J connectivity index is 3.16.